The number of methoxy groups -OCH3 is 1. The van der Waals surface area contributed by atoms with Gasteiger partial charge in [0.25, 0.3) is 0 Å². The normalized spacial score (nSPS) is 16.7. The van der Waals surface area contributed by atoms with Crippen LogP contribution in [-0.2, 0) is 4.74 Å². The second-order valence-corrected chi connectivity index (χ2v) is 4.75. The molecule has 5 heteroatoms. The fraction of sp³-hybridized carbons (Fsp3) is 0.250. The van der Waals surface area contributed by atoms with E-state index in [2.05, 4.69) is 4.74 Å². The van der Waals surface area contributed by atoms with Crippen molar-refractivity contribution in [2.75, 3.05) is 13.7 Å². The number of hydrogen-bond acceptors (Lipinski definition) is 5. The topological polar surface area (TPSA) is 65.7 Å². The molecular weight excluding hydrogens is 272 g/mol. The van der Waals surface area contributed by atoms with Crippen molar-refractivity contribution in [1.29, 1.82) is 0 Å². The first-order chi connectivity index (χ1) is 10.2. The maximum absolute atomic E-state index is 12.6. The fourth-order valence-corrected chi connectivity index (χ4v) is 2.47. The number of para-hydroxylation sites is 1. The summed E-state index contributed by atoms with van der Waals surface area (Å²) in [4.78, 5) is 24.0. The highest BCUT2D eigenvalue weighted by molar-refractivity contribution is 6.00. The van der Waals surface area contributed by atoms with Crippen molar-refractivity contribution in [3.05, 3.63) is 53.5 Å². The highest BCUT2D eigenvalue weighted by Gasteiger charge is 2.30. The quantitative estimate of drug-likeness (QED) is 0.641. The molecular formula is C16H14O5. The second-order valence-electron chi connectivity index (χ2n) is 4.75. The van der Waals surface area contributed by atoms with Crippen LogP contribution in [0.25, 0.3) is 0 Å². The summed E-state index contributed by atoms with van der Waals surface area (Å²) >= 11 is 0. The molecule has 0 amide bonds. The molecule has 0 radical (unpaired) electrons. The molecule has 2 aromatic rings. The first-order valence-electron chi connectivity index (χ1n) is 6.65. The third kappa shape index (κ3) is 2.42. The molecule has 2 heterocycles. The standard InChI is InChI=1S/C16H14O5/c1-19-16(18)14-7-6-13(21-14)15(17)11-8-9-20-12-5-3-2-4-10(11)12/h2-7,11H,8-9H2,1H3. The van der Waals surface area contributed by atoms with E-state index in [9.17, 15) is 9.59 Å². The molecule has 0 N–H and O–H groups in total. The summed E-state index contributed by atoms with van der Waals surface area (Å²) in [6.45, 7) is 0.484. The van der Waals surface area contributed by atoms with Crippen LogP contribution in [0.3, 0.4) is 0 Å². The number of esters is 1. The predicted octanol–water partition coefficient (Wildman–Crippen LogP) is 2.82. The number of ketones is 1. The van der Waals surface area contributed by atoms with Gasteiger partial charge in [0.1, 0.15) is 5.75 Å². The summed E-state index contributed by atoms with van der Waals surface area (Å²) in [5.74, 6) is -0.144. The van der Waals surface area contributed by atoms with Crippen molar-refractivity contribution in [3.63, 3.8) is 0 Å². The molecule has 1 aromatic heterocycles. The first-order valence-corrected chi connectivity index (χ1v) is 6.65. The number of benzene rings is 1. The van der Waals surface area contributed by atoms with Gasteiger partial charge in [0.05, 0.1) is 19.6 Å². The van der Waals surface area contributed by atoms with E-state index in [0.717, 1.165) is 11.3 Å². The second kappa shape index (κ2) is 5.44. The Balaban J connectivity index is 1.89. The first kappa shape index (κ1) is 13.4. The summed E-state index contributed by atoms with van der Waals surface area (Å²) in [6.07, 6.45) is 0.587. The summed E-state index contributed by atoms with van der Waals surface area (Å²) in [5.41, 5.74) is 0.852. The van der Waals surface area contributed by atoms with Gasteiger partial charge in [-0.1, -0.05) is 18.2 Å². The molecule has 0 fully saturated rings. The summed E-state index contributed by atoms with van der Waals surface area (Å²) in [6, 6.07) is 10.4. The third-order valence-electron chi connectivity index (χ3n) is 3.51. The van der Waals surface area contributed by atoms with Crippen LogP contribution < -0.4 is 4.74 Å². The van der Waals surface area contributed by atoms with Gasteiger partial charge in [-0.2, -0.15) is 0 Å². The Labute approximate surface area is 121 Å². The van der Waals surface area contributed by atoms with Gasteiger partial charge in [0, 0.05) is 5.56 Å². The third-order valence-corrected chi connectivity index (χ3v) is 3.51. The van der Waals surface area contributed by atoms with Crippen LogP contribution in [0.4, 0.5) is 0 Å². The Morgan fingerprint density at radius 2 is 1.90 bits per heavy atom. The summed E-state index contributed by atoms with van der Waals surface area (Å²) in [5, 5.41) is 0. The Morgan fingerprint density at radius 3 is 2.71 bits per heavy atom. The van der Waals surface area contributed by atoms with Gasteiger partial charge in [-0.15, -0.1) is 0 Å². The number of rotatable bonds is 3. The van der Waals surface area contributed by atoms with Gasteiger partial charge < -0.3 is 13.9 Å². The molecule has 0 spiro atoms. The Hall–Kier alpha value is -2.56. The van der Waals surface area contributed by atoms with Gasteiger partial charge in [-0.25, -0.2) is 4.79 Å². The predicted molar refractivity (Wildman–Crippen MR) is 73.7 cm³/mol. The van der Waals surface area contributed by atoms with Crippen molar-refractivity contribution in [2.45, 2.75) is 12.3 Å². The van der Waals surface area contributed by atoms with E-state index in [1.165, 1.54) is 19.2 Å². The monoisotopic (exact) mass is 286 g/mol. The number of hydrogen-bond donors (Lipinski definition) is 0. The molecule has 0 bridgehead atoms. The Kier molecular flexibility index (Phi) is 3.48. The number of ether oxygens (including phenoxy) is 2. The average molecular weight is 286 g/mol. The zero-order chi connectivity index (χ0) is 14.8. The van der Waals surface area contributed by atoms with E-state index in [1.807, 2.05) is 24.3 Å². The van der Waals surface area contributed by atoms with Crippen molar-refractivity contribution >= 4 is 11.8 Å². The van der Waals surface area contributed by atoms with Crippen LogP contribution in [0.5, 0.6) is 5.75 Å². The summed E-state index contributed by atoms with van der Waals surface area (Å²) in [7, 11) is 1.26. The number of fused-ring (bicyclic) bond motifs is 1. The molecule has 0 saturated carbocycles. The molecule has 21 heavy (non-hydrogen) atoms. The summed E-state index contributed by atoms with van der Waals surface area (Å²) < 4.78 is 15.4. The molecule has 1 unspecified atom stereocenters. The smallest absolute Gasteiger partial charge is 0.373 e. The molecule has 5 nitrogen and oxygen atoms in total. The van der Waals surface area contributed by atoms with E-state index in [0.29, 0.717) is 13.0 Å². The molecule has 1 aliphatic heterocycles. The van der Waals surface area contributed by atoms with Crippen molar-refractivity contribution in [3.8, 4) is 5.75 Å². The van der Waals surface area contributed by atoms with Gasteiger partial charge in [0.2, 0.25) is 11.5 Å². The highest BCUT2D eigenvalue weighted by atomic mass is 16.5. The highest BCUT2D eigenvalue weighted by Crippen LogP contribution is 2.35. The molecule has 0 saturated heterocycles. The largest absolute Gasteiger partial charge is 0.493 e. The lowest BCUT2D eigenvalue weighted by atomic mass is 9.88. The molecule has 1 aliphatic rings. The van der Waals surface area contributed by atoms with Crippen LogP contribution in [0, 0.1) is 0 Å². The van der Waals surface area contributed by atoms with Gasteiger partial charge in [0.15, 0.2) is 5.76 Å². The lowest BCUT2D eigenvalue weighted by Crippen LogP contribution is -2.21. The van der Waals surface area contributed by atoms with Crippen LogP contribution in [0.15, 0.2) is 40.8 Å². The zero-order valence-corrected chi connectivity index (χ0v) is 11.5. The molecule has 1 atom stereocenters. The lowest BCUT2D eigenvalue weighted by molar-refractivity contribution is 0.0562. The van der Waals surface area contributed by atoms with E-state index in [4.69, 9.17) is 9.15 Å². The van der Waals surface area contributed by atoms with E-state index in [1.54, 1.807) is 0 Å². The van der Waals surface area contributed by atoms with Crippen LogP contribution >= 0.6 is 0 Å². The minimum absolute atomic E-state index is 0.0289. The van der Waals surface area contributed by atoms with Crippen molar-refractivity contribution in [1.82, 2.24) is 0 Å². The van der Waals surface area contributed by atoms with E-state index in [-0.39, 0.29) is 23.2 Å². The van der Waals surface area contributed by atoms with Crippen molar-refractivity contribution in [2.24, 2.45) is 0 Å². The van der Waals surface area contributed by atoms with E-state index >= 15 is 0 Å². The van der Waals surface area contributed by atoms with Crippen LogP contribution in [-0.4, -0.2) is 25.5 Å². The Morgan fingerprint density at radius 1 is 1.14 bits per heavy atom. The minimum atomic E-state index is -0.596. The van der Waals surface area contributed by atoms with Gasteiger partial charge in [-0.05, 0) is 24.6 Å². The average Bonchev–Trinajstić information content (AvgIpc) is 3.03. The number of Topliss-reactive ketones (excluding diaryl/α,β-unsaturated/α-hetero) is 1. The minimum Gasteiger partial charge on any atom is -0.493 e. The molecule has 1 aromatic carbocycles. The van der Waals surface area contributed by atoms with Gasteiger partial charge in [-0.3, -0.25) is 4.79 Å². The number of carbonyl (C=O) groups is 2. The molecule has 108 valence electrons. The van der Waals surface area contributed by atoms with Crippen LogP contribution in [0.2, 0.25) is 0 Å². The fourth-order valence-electron chi connectivity index (χ4n) is 2.47. The zero-order valence-electron chi connectivity index (χ0n) is 11.5. The SMILES string of the molecule is COC(=O)c1ccc(C(=O)C2CCOc3ccccc32)o1. The van der Waals surface area contributed by atoms with Crippen molar-refractivity contribution < 1.29 is 23.5 Å². The Bertz CT molecular complexity index is 685. The molecule has 3 rings (SSSR count). The number of carbonyl (C=O) groups excluding carboxylic acids is 2. The van der Waals surface area contributed by atoms with Gasteiger partial charge >= 0.3 is 5.97 Å². The maximum atomic E-state index is 12.6. The van der Waals surface area contributed by atoms with Crippen LogP contribution in [0.1, 0.15) is 39.0 Å². The number of furan rings is 1. The molecule has 0 aliphatic carbocycles. The van der Waals surface area contributed by atoms with E-state index < -0.39 is 5.97 Å². The maximum Gasteiger partial charge on any atom is 0.373 e. The lowest BCUT2D eigenvalue weighted by Gasteiger charge is -2.24.